The summed E-state index contributed by atoms with van der Waals surface area (Å²) >= 11 is 0. The number of nitrogens with zero attached hydrogens (tertiary/aromatic N) is 1. The molecule has 0 saturated heterocycles. The van der Waals surface area contributed by atoms with E-state index < -0.39 is 23.2 Å². The number of halogens is 3. The van der Waals surface area contributed by atoms with Gasteiger partial charge in [-0.05, 0) is 29.5 Å². The zero-order valence-corrected chi connectivity index (χ0v) is 15.0. The number of pyridine rings is 1. The topological polar surface area (TPSA) is 66.3 Å². The zero-order valence-electron chi connectivity index (χ0n) is 15.0. The maximum absolute atomic E-state index is 13.2. The van der Waals surface area contributed by atoms with Gasteiger partial charge in [-0.3, -0.25) is 14.6 Å². The summed E-state index contributed by atoms with van der Waals surface area (Å²) in [6.45, 7) is 2.86. The van der Waals surface area contributed by atoms with Crippen molar-refractivity contribution in [1.29, 1.82) is 0 Å². The van der Waals surface area contributed by atoms with Crippen molar-refractivity contribution in [1.82, 2.24) is 9.88 Å². The van der Waals surface area contributed by atoms with Gasteiger partial charge in [0.15, 0.2) is 5.76 Å². The maximum Gasteiger partial charge on any atom is 0.417 e. The number of hydrogen-bond acceptors (Lipinski definition) is 3. The predicted molar refractivity (Wildman–Crippen MR) is 96.3 cm³/mol. The predicted octanol–water partition coefficient (Wildman–Crippen LogP) is 3.94. The minimum atomic E-state index is -4.73. The minimum absolute atomic E-state index is 0.0811. The van der Waals surface area contributed by atoms with Gasteiger partial charge in [-0.2, -0.15) is 13.2 Å². The summed E-state index contributed by atoms with van der Waals surface area (Å²) in [7, 11) is 0. The molecule has 0 spiro atoms. The number of alkyl halides is 3. The molecule has 1 amide bonds. The number of H-pyrrole nitrogens is 1. The van der Waals surface area contributed by atoms with Gasteiger partial charge in [0.05, 0.1) is 10.9 Å². The molecule has 0 aliphatic carbocycles. The number of aromatic nitrogens is 1. The number of aromatic amines is 1. The summed E-state index contributed by atoms with van der Waals surface area (Å²) < 4.78 is 45.0. The Kier molecular flexibility index (Phi) is 4.28. The van der Waals surface area contributed by atoms with Crippen molar-refractivity contribution in [2.24, 2.45) is 0 Å². The highest BCUT2D eigenvalue weighted by molar-refractivity contribution is 5.96. The quantitative estimate of drug-likeness (QED) is 0.684. The second-order valence-electron chi connectivity index (χ2n) is 7.00. The fourth-order valence-electron chi connectivity index (χ4n) is 3.74. The van der Waals surface area contributed by atoms with E-state index in [0.717, 1.165) is 17.2 Å². The average Bonchev–Trinajstić information content (AvgIpc) is 2.98. The monoisotopic (exact) mass is 390 g/mol. The summed E-state index contributed by atoms with van der Waals surface area (Å²) in [4.78, 5) is 28.3. The first kappa shape index (κ1) is 18.3. The van der Waals surface area contributed by atoms with Gasteiger partial charge in [0.25, 0.3) is 11.5 Å². The molecule has 1 N–H and O–H groups in total. The maximum atomic E-state index is 13.2. The van der Waals surface area contributed by atoms with Crippen LogP contribution in [-0.2, 0) is 12.6 Å². The van der Waals surface area contributed by atoms with Crippen LogP contribution in [0, 0.1) is 0 Å². The molecule has 2 aromatic heterocycles. The molecule has 1 aliphatic rings. The van der Waals surface area contributed by atoms with Crippen LogP contribution in [0.5, 0.6) is 0 Å². The van der Waals surface area contributed by atoms with Gasteiger partial charge < -0.3 is 9.32 Å². The van der Waals surface area contributed by atoms with Gasteiger partial charge in [-0.25, -0.2) is 0 Å². The number of carbonyl (C=O) groups excluding carboxylic acids is 1. The molecule has 28 heavy (non-hydrogen) atoms. The smallest absolute Gasteiger partial charge is 0.417 e. The Morgan fingerprint density at radius 3 is 2.75 bits per heavy atom. The fourth-order valence-corrected chi connectivity index (χ4v) is 3.74. The first-order valence-corrected chi connectivity index (χ1v) is 8.85. The molecule has 8 heteroatoms. The van der Waals surface area contributed by atoms with Crippen LogP contribution >= 0.6 is 0 Å². The summed E-state index contributed by atoms with van der Waals surface area (Å²) in [5.41, 5.74) is -0.100. The Bertz CT molecular complexity index is 1110. The minimum Gasteiger partial charge on any atom is -0.434 e. The van der Waals surface area contributed by atoms with Crippen LogP contribution in [-0.4, -0.2) is 28.9 Å². The molecule has 1 atom stereocenters. The number of amides is 1. The van der Waals surface area contributed by atoms with Crippen LogP contribution in [0.4, 0.5) is 13.2 Å². The highest BCUT2D eigenvalue weighted by atomic mass is 19.4. The third kappa shape index (κ3) is 3.19. The number of benzene rings is 1. The summed E-state index contributed by atoms with van der Waals surface area (Å²) in [5, 5.41) is -0.332. The van der Waals surface area contributed by atoms with E-state index in [1.54, 1.807) is 4.90 Å². The van der Waals surface area contributed by atoms with E-state index in [2.05, 4.69) is 4.98 Å². The molecule has 1 aliphatic heterocycles. The van der Waals surface area contributed by atoms with Crippen LogP contribution < -0.4 is 5.56 Å². The van der Waals surface area contributed by atoms with E-state index in [4.69, 9.17) is 4.42 Å². The lowest BCUT2D eigenvalue weighted by molar-refractivity contribution is -0.136. The average molecular weight is 390 g/mol. The van der Waals surface area contributed by atoms with Crippen molar-refractivity contribution >= 4 is 17.0 Å². The van der Waals surface area contributed by atoms with Crippen LogP contribution in [0.15, 0.2) is 45.6 Å². The molecule has 146 valence electrons. The standard InChI is InChI=1S/C20H17F3N2O3/c1-11-10-25(7-6-12-4-2-3-5-13(11)12)19(27)16-8-14-15(20(21,22)23)9-17(26)24-18(14)28-16/h2-5,8-9,11H,6-7,10H2,1H3,(H,24,26). The molecule has 0 saturated carbocycles. The van der Waals surface area contributed by atoms with E-state index in [0.29, 0.717) is 25.6 Å². The van der Waals surface area contributed by atoms with Crippen molar-refractivity contribution < 1.29 is 22.4 Å². The third-order valence-electron chi connectivity index (χ3n) is 5.07. The highest BCUT2D eigenvalue weighted by Crippen LogP contribution is 2.35. The molecule has 0 radical (unpaired) electrons. The van der Waals surface area contributed by atoms with E-state index in [-0.39, 0.29) is 22.8 Å². The van der Waals surface area contributed by atoms with Gasteiger partial charge in [-0.15, -0.1) is 0 Å². The first-order chi connectivity index (χ1) is 13.2. The van der Waals surface area contributed by atoms with Gasteiger partial charge in [0, 0.05) is 19.2 Å². The number of furan rings is 1. The molecule has 4 rings (SSSR count). The SMILES string of the molecule is CC1CN(C(=O)c2cc3c(C(F)(F)F)cc(=O)[nH]c3o2)CCc2ccccc21. The third-order valence-corrected chi connectivity index (χ3v) is 5.07. The van der Waals surface area contributed by atoms with Crippen molar-refractivity contribution in [3.8, 4) is 0 Å². The second-order valence-corrected chi connectivity index (χ2v) is 7.00. The Morgan fingerprint density at radius 1 is 1.25 bits per heavy atom. The Balaban J connectivity index is 1.69. The van der Waals surface area contributed by atoms with Gasteiger partial charge in [-0.1, -0.05) is 31.2 Å². The van der Waals surface area contributed by atoms with Crippen LogP contribution in [0.25, 0.3) is 11.1 Å². The molecular formula is C20H17F3N2O3. The second kappa shape index (κ2) is 6.54. The lowest BCUT2D eigenvalue weighted by Gasteiger charge is -2.21. The summed E-state index contributed by atoms with van der Waals surface area (Å²) in [6.07, 6.45) is -4.08. The zero-order chi connectivity index (χ0) is 20.1. The number of carbonyl (C=O) groups is 1. The molecule has 0 bridgehead atoms. The normalized spacial score (nSPS) is 17.4. The lowest BCUT2D eigenvalue weighted by Crippen LogP contribution is -2.34. The lowest BCUT2D eigenvalue weighted by atomic mass is 9.96. The van der Waals surface area contributed by atoms with Crippen LogP contribution in [0.1, 0.15) is 40.1 Å². The van der Waals surface area contributed by atoms with Crippen molar-refractivity contribution in [3.63, 3.8) is 0 Å². The molecule has 0 fully saturated rings. The molecule has 5 nitrogen and oxygen atoms in total. The largest absolute Gasteiger partial charge is 0.434 e. The Morgan fingerprint density at radius 2 is 2.00 bits per heavy atom. The van der Waals surface area contributed by atoms with Crippen LogP contribution in [0.2, 0.25) is 0 Å². The van der Waals surface area contributed by atoms with Crippen molar-refractivity contribution in [2.45, 2.75) is 25.4 Å². The highest BCUT2D eigenvalue weighted by Gasteiger charge is 2.35. The van der Waals surface area contributed by atoms with Crippen LogP contribution in [0.3, 0.4) is 0 Å². The van der Waals surface area contributed by atoms with Gasteiger partial charge in [0.1, 0.15) is 0 Å². The molecule has 3 heterocycles. The number of fused-ring (bicyclic) bond motifs is 2. The molecule has 1 aromatic carbocycles. The number of hydrogen-bond donors (Lipinski definition) is 1. The van der Waals surface area contributed by atoms with Gasteiger partial charge >= 0.3 is 6.18 Å². The van der Waals surface area contributed by atoms with E-state index in [9.17, 15) is 22.8 Å². The fraction of sp³-hybridized carbons (Fsp3) is 0.300. The summed E-state index contributed by atoms with van der Waals surface area (Å²) in [5.74, 6) is -0.636. The number of nitrogens with one attached hydrogen (secondary N) is 1. The molecule has 1 unspecified atom stereocenters. The summed E-state index contributed by atoms with van der Waals surface area (Å²) in [6, 6.07) is 9.45. The van der Waals surface area contributed by atoms with E-state index in [1.165, 1.54) is 0 Å². The van der Waals surface area contributed by atoms with E-state index in [1.807, 2.05) is 31.2 Å². The number of rotatable bonds is 1. The van der Waals surface area contributed by atoms with Gasteiger partial charge in [0.2, 0.25) is 5.71 Å². The van der Waals surface area contributed by atoms with E-state index >= 15 is 0 Å². The van der Waals surface area contributed by atoms with Crippen molar-refractivity contribution in [2.75, 3.05) is 13.1 Å². The van der Waals surface area contributed by atoms with Crippen molar-refractivity contribution in [3.05, 3.63) is 69.2 Å². The Labute approximate surface area is 157 Å². The molecule has 3 aromatic rings. The first-order valence-electron chi connectivity index (χ1n) is 8.85. The molecular weight excluding hydrogens is 373 g/mol. The Hall–Kier alpha value is -3.03.